The normalized spacial score (nSPS) is 12.8. The van der Waals surface area contributed by atoms with Crippen LogP contribution in [0, 0.1) is 0 Å². The van der Waals surface area contributed by atoms with Crippen molar-refractivity contribution in [2.24, 2.45) is 0 Å². The van der Waals surface area contributed by atoms with Gasteiger partial charge in [0.05, 0.1) is 0 Å². The fourth-order valence-corrected chi connectivity index (χ4v) is 7.97. The van der Waals surface area contributed by atoms with Gasteiger partial charge in [-0.05, 0) is 89.9 Å². The lowest BCUT2D eigenvalue weighted by atomic mass is 10.0. The van der Waals surface area contributed by atoms with E-state index in [2.05, 4.69) is 112 Å². The predicted molar refractivity (Wildman–Crippen MR) is 302 cm³/mol. The molecule has 0 fully saturated rings. The molecule has 0 aromatic heterocycles. The Morgan fingerprint density at radius 2 is 0.586 bits per heavy atom. The van der Waals surface area contributed by atoms with Gasteiger partial charge in [0.25, 0.3) is 0 Å². The molecule has 1 atom stereocenters. The van der Waals surface area contributed by atoms with Crippen LogP contribution in [0.4, 0.5) is 0 Å². The van der Waals surface area contributed by atoms with Gasteiger partial charge in [-0.2, -0.15) is 0 Å². The van der Waals surface area contributed by atoms with Gasteiger partial charge in [-0.3, -0.25) is 14.4 Å². The van der Waals surface area contributed by atoms with Crippen molar-refractivity contribution in [3.8, 4) is 0 Å². The molecular formula is C64H108O6. The van der Waals surface area contributed by atoms with Crippen molar-refractivity contribution < 1.29 is 28.6 Å². The maximum Gasteiger partial charge on any atom is 0.306 e. The lowest BCUT2D eigenvalue weighted by molar-refractivity contribution is -0.166. The van der Waals surface area contributed by atoms with Crippen LogP contribution in [0.3, 0.4) is 0 Å². The Bertz CT molecular complexity index is 1400. The molecule has 70 heavy (non-hydrogen) atoms. The minimum Gasteiger partial charge on any atom is -0.462 e. The fourth-order valence-electron chi connectivity index (χ4n) is 7.97. The average molecular weight is 974 g/mol. The molecule has 0 N–H and O–H groups in total. The first-order valence-corrected chi connectivity index (χ1v) is 29.2. The van der Waals surface area contributed by atoms with Gasteiger partial charge in [0, 0.05) is 19.3 Å². The zero-order valence-corrected chi connectivity index (χ0v) is 45.8. The second-order valence-electron chi connectivity index (χ2n) is 19.2. The third-order valence-electron chi connectivity index (χ3n) is 12.3. The summed E-state index contributed by atoms with van der Waals surface area (Å²) in [5, 5.41) is 0. The lowest BCUT2D eigenvalue weighted by Gasteiger charge is -2.18. The minimum absolute atomic E-state index is 0.107. The van der Waals surface area contributed by atoms with Gasteiger partial charge in [0.2, 0.25) is 0 Å². The Morgan fingerprint density at radius 3 is 0.971 bits per heavy atom. The number of carbonyl (C=O) groups excluding carboxylic acids is 3. The standard InChI is InChI=1S/C64H108O6/c1-4-7-10-13-16-19-22-25-28-31-32-34-36-39-42-45-48-51-54-57-63(66)69-60-61(59-68-62(65)56-53-50-47-44-41-38-35-30-27-24-21-18-15-12-9-6-3)70-64(67)58-55-52-49-46-43-40-37-33-29-26-23-20-17-14-11-8-5-2/h7,10,16,19,21,24-25,28,30,32,34-35,39,42,48,51,61H,4-6,8-9,11-15,17-18,20,22-23,26-27,29,31,33,36-38,40-41,43-47,49-50,52-60H2,1-3H3/b10-7-,19-16-,24-21-,28-25-,34-32-,35-30-,42-39-,51-48-. The lowest BCUT2D eigenvalue weighted by Crippen LogP contribution is -2.30. The molecule has 0 saturated heterocycles. The van der Waals surface area contributed by atoms with E-state index in [4.69, 9.17) is 14.2 Å². The smallest absolute Gasteiger partial charge is 0.306 e. The van der Waals surface area contributed by atoms with Crippen LogP contribution in [0.2, 0.25) is 0 Å². The molecule has 0 rings (SSSR count). The van der Waals surface area contributed by atoms with Crippen LogP contribution < -0.4 is 0 Å². The summed E-state index contributed by atoms with van der Waals surface area (Å²) in [6.45, 7) is 6.45. The molecular weight excluding hydrogens is 865 g/mol. The van der Waals surface area contributed by atoms with Crippen molar-refractivity contribution in [1.29, 1.82) is 0 Å². The number of rotatable bonds is 52. The molecule has 0 aliphatic carbocycles. The zero-order valence-electron chi connectivity index (χ0n) is 45.8. The second-order valence-corrected chi connectivity index (χ2v) is 19.2. The molecule has 0 aliphatic rings. The van der Waals surface area contributed by atoms with E-state index < -0.39 is 6.10 Å². The van der Waals surface area contributed by atoms with Gasteiger partial charge in [0.1, 0.15) is 13.2 Å². The van der Waals surface area contributed by atoms with E-state index in [0.717, 1.165) is 103 Å². The van der Waals surface area contributed by atoms with Gasteiger partial charge in [-0.25, -0.2) is 0 Å². The summed E-state index contributed by atoms with van der Waals surface area (Å²) < 4.78 is 16.8. The molecule has 6 nitrogen and oxygen atoms in total. The van der Waals surface area contributed by atoms with Crippen LogP contribution in [0.5, 0.6) is 0 Å². The van der Waals surface area contributed by atoms with Crippen LogP contribution in [0.15, 0.2) is 97.2 Å². The van der Waals surface area contributed by atoms with Crippen molar-refractivity contribution in [1.82, 2.24) is 0 Å². The summed E-state index contributed by atoms with van der Waals surface area (Å²) in [4.78, 5) is 38.2. The highest BCUT2D eigenvalue weighted by atomic mass is 16.6. The predicted octanol–water partition coefficient (Wildman–Crippen LogP) is 19.7. The van der Waals surface area contributed by atoms with Crippen molar-refractivity contribution in [2.75, 3.05) is 13.2 Å². The number of carbonyl (C=O) groups is 3. The van der Waals surface area contributed by atoms with Crippen LogP contribution in [-0.2, 0) is 28.6 Å². The number of allylic oxidation sites excluding steroid dienone is 16. The van der Waals surface area contributed by atoms with E-state index in [0.29, 0.717) is 19.3 Å². The maximum atomic E-state index is 12.9. The number of hydrogen-bond acceptors (Lipinski definition) is 6. The largest absolute Gasteiger partial charge is 0.462 e. The summed E-state index contributed by atoms with van der Waals surface area (Å²) in [7, 11) is 0. The van der Waals surface area contributed by atoms with Gasteiger partial charge >= 0.3 is 17.9 Å². The Labute approximate surface area is 432 Å². The molecule has 0 aliphatic heterocycles. The van der Waals surface area contributed by atoms with E-state index in [-0.39, 0.29) is 37.5 Å². The summed E-state index contributed by atoms with van der Waals surface area (Å²) in [6.07, 6.45) is 76.9. The van der Waals surface area contributed by atoms with E-state index in [1.54, 1.807) is 0 Å². The van der Waals surface area contributed by atoms with Crippen LogP contribution in [-0.4, -0.2) is 37.2 Å². The third-order valence-corrected chi connectivity index (χ3v) is 12.3. The van der Waals surface area contributed by atoms with Crippen molar-refractivity contribution in [2.45, 2.75) is 277 Å². The SMILES string of the molecule is CC/C=C\C/C=C\C/C=C\C/C=C\C/C=C\C/C=C\CCC(=O)OCC(COC(=O)CCCCCCC/C=C\C/C=C\CCCCCC)OC(=O)CCCCCCCCCCCCCCCCCCC. The number of unbranched alkanes of at least 4 members (excludes halogenated alkanes) is 25. The van der Waals surface area contributed by atoms with Gasteiger partial charge in [0.15, 0.2) is 6.10 Å². The molecule has 6 heteroatoms. The molecule has 0 aromatic carbocycles. The summed E-state index contributed by atoms with van der Waals surface area (Å²) in [5.41, 5.74) is 0. The minimum atomic E-state index is -0.814. The molecule has 400 valence electrons. The first-order valence-electron chi connectivity index (χ1n) is 29.2. The quantitative estimate of drug-likeness (QED) is 0.0262. The second kappa shape index (κ2) is 57.9. The third kappa shape index (κ3) is 55.3. The highest BCUT2D eigenvalue weighted by molar-refractivity contribution is 5.71. The number of ether oxygens (including phenoxy) is 3. The van der Waals surface area contributed by atoms with Gasteiger partial charge in [-0.15, -0.1) is 0 Å². The van der Waals surface area contributed by atoms with E-state index >= 15 is 0 Å². The van der Waals surface area contributed by atoms with Gasteiger partial charge < -0.3 is 14.2 Å². The highest BCUT2D eigenvalue weighted by Gasteiger charge is 2.19. The van der Waals surface area contributed by atoms with Crippen LogP contribution >= 0.6 is 0 Å². The summed E-state index contributed by atoms with van der Waals surface area (Å²) in [6, 6.07) is 0. The van der Waals surface area contributed by atoms with Crippen molar-refractivity contribution in [3.05, 3.63) is 97.2 Å². The molecule has 1 unspecified atom stereocenters. The van der Waals surface area contributed by atoms with E-state index in [9.17, 15) is 14.4 Å². The average Bonchev–Trinajstić information content (AvgIpc) is 3.36. The zero-order chi connectivity index (χ0) is 50.7. The Balaban J connectivity index is 4.51. The van der Waals surface area contributed by atoms with Crippen LogP contribution in [0.1, 0.15) is 271 Å². The molecule has 0 bridgehead atoms. The Hall–Kier alpha value is -3.67. The van der Waals surface area contributed by atoms with Crippen LogP contribution in [0.25, 0.3) is 0 Å². The molecule has 0 radical (unpaired) electrons. The summed E-state index contributed by atoms with van der Waals surface area (Å²) in [5.74, 6) is -1.000. The highest BCUT2D eigenvalue weighted by Crippen LogP contribution is 2.16. The molecule has 0 heterocycles. The molecule has 0 amide bonds. The van der Waals surface area contributed by atoms with Gasteiger partial charge in [-0.1, -0.05) is 259 Å². The maximum absolute atomic E-state index is 12.9. The Kier molecular flexibility index (Phi) is 54.9. The number of hydrogen-bond donors (Lipinski definition) is 0. The Morgan fingerprint density at radius 1 is 0.300 bits per heavy atom. The molecule has 0 saturated carbocycles. The number of esters is 3. The fraction of sp³-hybridized carbons (Fsp3) is 0.703. The summed E-state index contributed by atoms with van der Waals surface area (Å²) >= 11 is 0. The topological polar surface area (TPSA) is 78.9 Å². The van der Waals surface area contributed by atoms with Crippen molar-refractivity contribution in [3.63, 3.8) is 0 Å². The molecule has 0 aromatic rings. The van der Waals surface area contributed by atoms with E-state index in [1.165, 1.54) is 122 Å². The van der Waals surface area contributed by atoms with E-state index in [1.807, 2.05) is 6.08 Å². The first-order chi connectivity index (χ1) is 34.5. The first kappa shape index (κ1) is 66.3. The molecule has 0 spiro atoms. The van der Waals surface area contributed by atoms with Crippen molar-refractivity contribution >= 4 is 17.9 Å². The monoisotopic (exact) mass is 973 g/mol.